The highest BCUT2D eigenvalue weighted by atomic mass is 35.5. The largest absolute Gasteiger partial charge is 0.371 e. The Hall–Kier alpha value is -1.68. The van der Waals surface area contributed by atoms with Crippen LogP contribution in [0, 0.1) is 12.8 Å². The van der Waals surface area contributed by atoms with Crippen molar-refractivity contribution in [1.82, 2.24) is 5.32 Å². The van der Waals surface area contributed by atoms with Crippen molar-refractivity contribution in [3.05, 3.63) is 41.4 Å². The predicted octanol–water partition coefficient (Wildman–Crippen LogP) is 2.57. The third kappa shape index (κ3) is 4.39. The summed E-state index contributed by atoms with van der Waals surface area (Å²) in [6, 6.07) is 6.05. The van der Waals surface area contributed by atoms with Gasteiger partial charge in [0.2, 0.25) is 0 Å². The van der Waals surface area contributed by atoms with Crippen molar-refractivity contribution in [3.63, 3.8) is 0 Å². The minimum absolute atomic E-state index is 0.493. The summed E-state index contributed by atoms with van der Waals surface area (Å²) < 4.78 is 0. The van der Waals surface area contributed by atoms with Crippen molar-refractivity contribution in [3.8, 4) is 0 Å². The molecule has 1 fully saturated rings. The predicted molar refractivity (Wildman–Crippen MR) is 91.2 cm³/mol. The molecule has 0 amide bonds. The molecule has 4 nitrogen and oxygen atoms in total. The molecular formula is C16H23ClN4. The maximum absolute atomic E-state index is 6.10. The van der Waals surface area contributed by atoms with Gasteiger partial charge in [0.1, 0.15) is 0 Å². The Morgan fingerprint density at radius 3 is 3.19 bits per heavy atom. The quantitative estimate of drug-likeness (QED) is 0.499. The Bertz CT molecular complexity index is 527. The molecule has 0 spiro atoms. The zero-order valence-corrected chi connectivity index (χ0v) is 13.2. The van der Waals surface area contributed by atoms with E-state index in [1.807, 2.05) is 12.1 Å². The fourth-order valence-electron chi connectivity index (χ4n) is 2.58. The minimum atomic E-state index is 0.493. The molecule has 21 heavy (non-hydrogen) atoms. The molecule has 1 saturated heterocycles. The van der Waals surface area contributed by atoms with Gasteiger partial charge in [0.25, 0.3) is 0 Å². The van der Waals surface area contributed by atoms with Crippen LogP contribution < -0.4 is 16.0 Å². The smallest absolute Gasteiger partial charge is 0.188 e. The number of hydrogen-bond acceptors (Lipinski definition) is 2. The van der Waals surface area contributed by atoms with Gasteiger partial charge >= 0.3 is 0 Å². The van der Waals surface area contributed by atoms with E-state index >= 15 is 0 Å². The van der Waals surface area contributed by atoms with Crippen LogP contribution in [0.1, 0.15) is 12.0 Å². The molecule has 3 N–H and O–H groups in total. The van der Waals surface area contributed by atoms with Crippen LogP contribution in [0.4, 0.5) is 5.69 Å². The molecule has 0 aromatic heterocycles. The van der Waals surface area contributed by atoms with E-state index in [4.69, 9.17) is 17.3 Å². The zero-order valence-electron chi connectivity index (χ0n) is 12.5. The van der Waals surface area contributed by atoms with Gasteiger partial charge in [-0.1, -0.05) is 23.7 Å². The topological polar surface area (TPSA) is 53.6 Å². The summed E-state index contributed by atoms with van der Waals surface area (Å²) in [7, 11) is 0. The van der Waals surface area contributed by atoms with Crippen molar-refractivity contribution in [2.75, 3.05) is 31.1 Å². The molecule has 1 unspecified atom stereocenters. The molecule has 0 bridgehead atoms. The molecule has 1 aliphatic rings. The van der Waals surface area contributed by atoms with Crippen molar-refractivity contribution in [1.29, 1.82) is 0 Å². The molecule has 114 valence electrons. The van der Waals surface area contributed by atoms with E-state index in [0.717, 1.165) is 31.1 Å². The Morgan fingerprint density at radius 2 is 2.43 bits per heavy atom. The van der Waals surface area contributed by atoms with E-state index in [-0.39, 0.29) is 0 Å². The van der Waals surface area contributed by atoms with Crippen LogP contribution in [0.3, 0.4) is 0 Å². The van der Waals surface area contributed by atoms with Gasteiger partial charge < -0.3 is 16.0 Å². The first-order valence-corrected chi connectivity index (χ1v) is 7.63. The number of anilines is 1. The summed E-state index contributed by atoms with van der Waals surface area (Å²) in [6.45, 7) is 9.20. The highest BCUT2D eigenvalue weighted by molar-refractivity contribution is 6.30. The summed E-state index contributed by atoms with van der Waals surface area (Å²) in [5.41, 5.74) is 8.28. The van der Waals surface area contributed by atoms with Crippen molar-refractivity contribution >= 4 is 23.2 Å². The summed E-state index contributed by atoms with van der Waals surface area (Å²) in [5, 5.41) is 3.78. The number of benzene rings is 1. The second-order valence-electron chi connectivity index (χ2n) is 5.43. The number of aryl methyl sites for hydroxylation is 1. The lowest BCUT2D eigenvalue weighted by Crippen LogP contribution is -2.32. The van der Waals surface area contributed by atoms with Crippen molar-refractivity contribution in [2.45, 2.75) is 13.3 Å². The van der Waals surface area contributed by atoms with E-state index < -0.39 is 0 Å². The third-order valence-corrected chi connectivity index (χ3v) is 3.98. The van der Waals surface area contributed by atoms with Crippen LogP contribution in [0.15, 0.2) is 35.8 Å². The molecule has 0 saturated carbocycles. The monoisotopic (exact) mass is 306 g/mol. The Morgan fingerprint density at radius 1 is 1.62 bits per heavy atom. The minimum Gasteiger partial charge on any atom is -0.371 e. The summed E-state index contributed by atoms with van der Waals surface area (Å²) in [6.07, 6.45) is 2.89. The molecule has 0 radical (unpaired) electrons. The molecule has 0 aliphatic carbocycles. The van der Waals surface area contributed by atoms with Gasteiger partial charge in [-0.3, -0.25) is 4.99 Å². The van der Waals surface area contributed by atoms with Gasteiger partial charge in [-0.15, -0.1) is 6.58 Å². The standard InChI is InChI=1S/C16H23ClN4/c1-3-7-19-16(18)20-10-13-6-8-21(11-13)15-9-14(17)5-4-12(15)2/h3-5,9,13H,1,6-8,10-11H2,2H3,(H3,18,19,20). The number of aliphatic imine (C=N–C) groups is 1. The van der Waals surface area contributed by atoms with Gasteiger partial charge in [0.05, 0.1) is 0 Å². The zero-order chi connectivity index (χ0) is 15.2. The number of hydrogen-bond donors (Lipinski definition) is 2. The van der Waals surface area contributed by atoms with Crippen LogP contribution in [0.5, 0.6) is 0 Å². The number of nitrogens with two attached hydrogens (primary N) is 1. The first-order chi connectivity index (χ1) is 10.1. The third-order valence-electron chi connectivity index (χ3n) is 3.75. The normalized spacial score (nSPS) is 18.9. The van der Waals surface area contributed by atoms with Crippen LogP contribution in [-0.2, 0) is 0 Å². The molecule has 1 aromatic carbocycles. The lowest BCUT2D eigenvalue weighted by Gasteiger charge is -2.21. The molecule has 1 heterocycles. The van der Waals surface area contributed by atoms with Crippen LogP contribution in [0.2, 0.25) is 5.02 Å². The highest BCUT2D eigenvalue weighted by Gasteiger charge is 2.23. The molecular weight excluding hydrogens is 284 g/mol. The summed E-state index contributed by atoms with van der Waals surface area (Å²) in [4.78, 5) is 6.78. The number of nitrogens with one attached hydrogen (secondary N) is 1. The Kier molecular flexibility index (Phi) is 5.51. The van der Waals surface area contributed by atoms with Gasteiger partial charge in [0, 0.05) is 36.9 Å². The Labute approximate surface area is 131 Å². The molecule has 2 rings (SSSR count). The van der Waals surface area contributed by atoms with Crippen LogP contribution in [0.25, 0.3) is 0 Å². The van der Waals surface area contributed by atoms with E-state index in [1.54, 1.807) is 6.08 Å². The van der Waals surface area contributed by atoms with Gasteiger partial charge in [-0.05, 0) is 37.0 Å². The molecule has 1 atom stereocenters. The second-order valence-corrected chi connectivity index (χ2v) is 5.86. The molecule has 5 heteroatoms. The van der Waals surface area contributed by atoms with Gasteiger partial charge in [-0.2, -0.15) is 0 Å². The summed E-state index contributed by atoms with van der Waals surface area (Å²) in [5.74, 6) is 1.03. The highest BCUT2D eigenvalue weighted by Crippen LogP contribution is 2.29. The maximum atomic E-state index is 6.10. The lowest BCUT2D eigenvalue weighted by molar-refractivity contribution is 0.602. The first-order valence-electron chi connectivity index (χ1n) is 7.26. The first kappa shape index (κ1) is 15.7. The Balaban J connectivity index is 1.91. The average Bonchev–Trinajstić information content (AvgIpc) is 2.94. The van der Waals surface area contributed by atoms with Crippen LogP contribution in [-0.4, -0.2) is 32.1 Å². The number of rotatable bonds is 5. The SMILES string of the molecule is C=CCNC(N)=NCC1CCN(c2cc(Cl)ccc2C)C1. The van der Waals surface area contributed by atoms with E-state index in [1.165, 1.54) is 11.3 Å². The summed E-state index contributed by atoms with van der Waals surface area (Å²) >= 11 is 6.10. The van der Waals surface area contributed by atoms with E-state index in [9.17, 15) is 0 Å². The second kappa shape index (κ2) is 7.36. The van der Waals surface area contributed by atoms with E-state index in [2.05, 4.69) is 34.8 Å². The number of nitrogens with zero attached hydrogens (tertiary/aromatic N) is 2. The lowest BCUT2D eigenvalue weighted by atomic mass is 10.1. The molecule has 1 aliphatic heterocycles. The maximum Gasteiger partial charge on any atom is 0.188 e. The fraction of sp³-hybridized carbons (Fsp3) is 0.438. The van der Waals surface area contributed by atoms with Gasteiger partial charge in [0.15, 0.2) is 5.96 Å². The number of halogens is 1. The fourth-order valence-corrected chi connectivity index (χ4v) is 2.75. The van der Waals surface area contributed by atoms with Crippen molar-refractivity contribution in [2.24, 2.45) is 16.6 Å². The molecule has 1 aromatic rings. The number of guanidine groups is 1. The van der Waals surface area contributed by atoms with Crippen molar-refractivity contribution < 1.29 is 0 Å². The average molecular weight is 307 g/mol. The van der Waals surface area contributed by atoms with Gasteiger partial charge in [-0.25, -0.2) is 0 Å². The van der Waals surface area contributed by atoms with Crippen LogP contribution >= 0.6 is 11.6 Å². The van der Waals surface area contributed by atoms with E-state index in [0.29, 0.717) is 18.4 Å².